The molecule has 6 rings (SSSR count). The highest BCUT2D eigenvalue weighted by molar-refractivity contribution is 7.98. The van der Waals surface area contributed by atoms with Gasteiger partial charge in [-0.25, -0.2) is 4.98 Å². The summed E-state index contributed by atoms with van der Waals surface area (Å²) in [5, 5.41) is 1.50. The van der Waals surface area contributed by atoms with E-state index in [2.05, 4.69) is 47.4 Å². The largest absolute Gasteiger partial charge is 0.494 e. The molecule has 192 valence electrons. The molecule has 38 heavy (non-hydrogen) atoms. The second kappa shape index (κ2) is 11.2. The number of fused-ring (bicyclic) bond motifs is 3. The molecule has 0 saturated heterocycles. The van der Waals surface area contributed by atoms with Crippen LogP contribution in [0.4, 0.5) is 0 Å². The standard InChI is InChI=1S/C31H29N3O2S2/c1-2-36-25-15-13-24(14-16-25)34-30(35)28-26-17-18-33(19-22-9-5-3-6-10-22)20-27(26)38-29(28)32-31(34)37-21-23-11-7-4-8-12-23/h3-16H,2,17-21H2,1H3. The van der Waals surface area contributed by atoms with E-state index >= 15 is 0 Å². The first kappa shape index (κ1) is 24.9. The van der Waals surface area contributed by atoms with E-state index in [1.165, 1.54) is 21.6 Å². The fourth-order valence-corrected chi connectivity index (χ4v) is 7.23. The molecule has 0 amide bonds. The van der Waals surface area contributed by atoms with Crippen molar-refractivity contribution >= 4 is 33.3 Å². The molecule has 0 saturated carbocycles. The van der Waals surface area contributed by atoms with Gasteiger partial charge >= 0.3 is 0 Å². The van der Waals surface area contributed by atoms with Crippen LogP contribution >= 0.6 is 23.1 Å². The maximum absolute atomic E-state index is 14.1. The summed E-state index contributed by atoms with van der Waals surface area (Å²) in [6.45, 7) is 5.26. The van der Waals surface area contributed by atoms with E-state index in [1.54, 1.807) is 27.7 Å². The average molecular weight is 540 g/mol. The first-order valence-electron chi connectivity index (χ1n) is 12.9. The van der Waals surface area contributed by atoms with Crippen molar-refractivity contribution in [2.75, 3.05) is 13.2 Å². The van der Waals surface area contributed by atoms with Crippen molar-refractivity contribution < 1.29 is 4.74 Å². The predicted molar refractivity (Wildman–Crippen MR) is 157 cm³/mol. The molecule has 5 nitrogen and oxygen atoms in total. The van der Waals surface area contributed by atoms with E-state index in [0.717, 1.165) is 58.6 Å². The van der Waals surface area contributed by atoms with Gasteiger partial charge in [-0.15, -0.1) is 11.3 Å². The van der Waals surface area contributed by atoms with Crippen LogP contribution in [0.1, 0.15) is 28.5 Å². The van der Waals surface area contributed by atoms with E-state index < -0.39 is 0 Å². The number of hydrogen-bond donors (Lipinski definition) is 0. The molecule has 0 bridgehead atoms. The fourth-order valence-electron chi connectivity index (χ4n) is 4.96. The molecule has 3 heterocycles. The molecule has 0 fully saturated rings. The molecule has 1 aliphatic heterocycles. The lowest BCUT2D eigenvalue weighted by Crippen LogP contribution is -2.30. The Balaban J connectivity index is 1.39. The van der Waals surface area contributed by atoms with Gasteiger partial charge in [-0.05, 0) is 54.3 Å². The number of rotatable bonds is 8. The van der Waals surface area contributed by atoms with Gasteiger partial charge in [0.25, 0.3) is 5.56 Å². The number of aromatic nitrogens is 2. The summed E-state index contributed by atoms with van der Waals surface area (Å²) in [4.78, 5) is 23.8. The third-order valence-corrected chi connectivity index (χ3v) is 8.91. The van der Waals surface area contributed by atoms with Crippen molar-refractivity contribution in [3.63, 3.8) is 0 Å². The summed E-state index contributed by atoms with van der Waals surface area (Å²) in [6, 6.07) is 28.6. The SMILES string of the molecule is CCOc1ccc(-n2c(SCc3ccccc3)nc3sc4c(c3c2=O)CCN(Cc2ccccc2)C4)cc1. The maximum atomic E-state index is 14.1. The maximum Gasteiger partial charge on any atom is 0.267 e. The molecule has 7 heteroatoms. The van der Waals surface area contributed by atoms with Gasteiger partial charge < -0.3 is 4.74 Å². The predicted octanol–water partition coefficient (Wildman–Crippen LogP) is 6.70. The summed E-state index contributed by atoms with van der Waals surface area (Å²) >= 11 is 3.28. The molecule has 5 aromatic rings. The highest BCUT2D eigenvalue weighted by Crippen LogP contribution is 2.35. The zero-order valence-electron chi connectivity index (χ0n) is 21.3. The number of ether oxygens (including phenoxy) is 1. The van der Waals surface area contributed by atoms with Gasteiger partial charge in [-0.3, -0.25) is 14.3 Å². The van der Waals surface area contributed by atoms with E-state index in [4.69, 9.17) is 9.72 Å². The zero-order chi connectivity index (χ0) is 25.9. The Kier molecular flexibility index (Phi) is 7.31. The second-order valence-electron chi connectivity index (χ2n) is 9.37. The summed E-state index contributed by atoms with van der Waals surface area (Å²) in [5.74, 6) is 1.54. The van der Waals surface area contributed by atoms with Crippen LogP contribution in [-0.2, 0) is 25.3 Å². The summed E-state index contributed by atoms with van der Waals surface area (Å²) in [6.07, 6.45) is 0.860. The molecule has 0 N–H and O–H groups in total. The van der Waals surface area contributed by atoms with Crippen molar-refractivity contribution in [1.29, 1.82) is 0 Å². The minimum absolute atomic E-state index is 0.0173. The smallest absolute Gasteiger partial charge is 0.267 e. The molecule has 1 aliphatic rings. The third-order valence-electron chi connectivity index (χ3n) is 6.79. The Morgan fingerprint density at radius 3 is 2.37 bits per heavy atom. The van der Waals surface area contributed by atoms with Crippen molar-refractivity contribution in [3.05, 3.63) is 117 Å². The molecule has 3 aromatic carbocycles. The number of hydrogen-bond acceptors (Lipinski definition) is 6. The molecule has 0 spiro atoms. The van der Waals surface area contributed by atoms with Gasteiger partial charge in [0.15, 0.2) is 5.16 Å². The Morgan fingerprint density at radius 1 is 0.947 bits per heavy atom. The van der Waals surface area contributed by atoms with Gasteiger partial charge in [-0.1, -0.05) is 72.4 Å². The van der Waals surface area contributed by atoms with Crippen LogP contribution in [0.5, 0.6) is 5.75 Å². The van der Waals surface area contributed by atoms with Gasteiger partial charge in [0.1, 0.15) is 10.6 Å². The Hall–Kier alpha value is -3.39. The molecule has 0 radical (unpaired) electrons. The highest BCUT2D eigenvalue weighted by Gasteiger charge is 2.26. The van der Waals surface area contributed by atoms with Crippen molar-refractivity contribution in [2.45, 2.75) is 37.3 Å². The van der Waals surface area contributed by atoms with Crippen LogP contribution in [0.2, 0.25) is 0 Å². The van der Waals surface area contributed by atoms with Crippen molar-refractivity contribution in [1.82, 2.24) is 14.5 Å². The Bertz CT molecular complexity index is 1600. The lowest BCUT2D eigenvalue weighted by Gasteiger charge is -2.26. The monoisotopic (exact) mass is 539 g/mol. The minimum atomic E-state index is 0.0173. The number of benzene rings is 3. The van der Waals surface area contributed by atoms with Crippen molar-refractivity contribution in [3.8, 4) is 11.4 Å². The lowest BCUT2D eigenvalue weighted by molar-refractivity contribution is 0.249. The summed E-state index contributed by atoms with van der Waals surface area (Å²) in [7, 11) is 0. The van der Waals surface area contributed by atoms with Gasteiger partial charge in [0, 0.05) is 30.3 Å². The fraction of sp³-hybridized carbons (Fsp3) is 0.226. The Labute approximate surface area is 230 Å². The molecule has 0 unspecified atom stereocenters. The normalized spacial score (nSPS) is 13.5. The van der Waals surface area contributed by atoms with Gasteiger partial charge in [0.05, 0.1) is 17.7 Å². The van der Waals surface area contributed by atoms with Gasteiger partial charge in [0.2, 0.25) is 0 Å². The van der Waals surface area contributed by atoms with E-state index in [1.807, 2.05) is 49.4 Å². The number of nitrogens with zero attached hydrogens (tertiary/aromatic N) is 3. The quantitative estimate of drug-likeness (QED) is 0.162. The van der Waals surface area contributed by atoms with E-state index in [-0.39, 0.29) is 5.56 Å². The van der Waals surface area contributed by atoms with E-state index in [0.29, 0.717) is 6.61 Å². The van der Waals surface area contributed by atoms with Crippen LogP contribution in [-0.4, -0.2) is 27.6 Å². The van der Waals surface area contributed by atoms with Gasteiger partial charge in [-0.2, -0.15) is 0 Å². The molecule has 0 atom stereocenters. The lowest BCUT2D eigenvalue weighted by atomic mass is 10.0. The first-order valence-corrected chi connectivity index (χ1v) is 14.7. The minimum Gasteiger partial charge on any atom is -0.494 e. The van der Waals surface area contributed by atoms with E-state index in [9.17, 15) is 4.79 Å². The molecule has 0 aliphatic carbocycles. The molecular formula is C31H29N3O2S2. The van der Waals surface area contributed by atoms with Crippen LogP contribution in [0, 0.1) is 0 Å². The van der Waals surface area contributed by atoms with Crippen molar-refractivity contribution in [2.24, 2.45) is 0 Å². The molecular weight excluding hydrogens is 510 g/mol. The Morgan fingerprint density at radius 2 is 1.66 bits per heavy atom. The van der Waals surface area contributed by atoms with Crippen LogP contribution in [0.3, 0.4) is 0 Å². The zero-order valence-corrected chi connectivity index (χ0v) is 22.9. The topological polar surface area (TPSA) is 47.4 Å². The third kappa shape index (κ3) is 5.14. The first-order chi connectivity index (χ1) is 18.7. The molecule has 2 aromatic heterocycles. The van der Waals surface area contributed by atoms with Crippen LogP contribution < -0.4 is 10.3 Å². The van der Waals surface area contributed by atoms with Crippen LogP contribution in [0.25, 0.3) is 15.9 Å². The summed E-state index contributed by atoms with van der Waals surface area (Å²) < 4.78 is 7.42. The average Bonchev–Trinajstić information content (AvgIpc) is 3.32. The number of thioether (sulfide) groups is 1. The highest BCUT2D eigenvalue weighted by atomic mass is 32.2. The van der Waals surface area contributed by atoms with Crippen LogP contribution in [0.15, 0.2) is 94.9 Å². The summed E-state index contributed by atoms with van der Waals surface area (Å²) in [5.41, 5.74) is 4.51. The number of thiophene rings is 1. The second-order valence-corrected chi connectivity index (χ2v) is 11.4.